The van der Waals surface area contributed by atoms with E-state index in [1.807, 2.05) is 0 Å². The summed E-state index contributed by atoms with van der Waals surface area (Å²) in [5.41, 5.74) is 6.91. The van der Waals surface area contributed by atoms with Crippen LogP contribution in [0.1, 0.15) is 30.4 Å². The molecule has 2 aromatic rings. The molecular weight excluding hydrogens is 342 g/mol. The summed E-state index contributed by atoms with van der Waals surface area (Å²) in [6, 6.07) is 22.4. The second kappa shape index (κ2) is 7.30. The first-order valence-electron chi connectivity index (χ1n) is 10.4. The minimum absolute atomic E-state index is 0.358. The Morgan fingerprint density at radius 2 is 1.59 bits per heavy atom. The standard InChI is InChI=1S/C25H31NSi/c1-27(2,3)19-17-24-25(26(24)20-22-12-8-5-9-13-22)18-16-23(25)15-14-21-10-6-4-7-11-21/h4-13,23-24H,14-16,18,20H2,1-3H3/t23-,24+,25+,26?/m0/s1. The SMILES string of the molecule is C[Si](C)(C)C#C[C@H]1N(Cc2ccccc2)[C@@]12CC[C@@H]2CCc1ccccc1. The van der Waals surface area contributed by atoms with Crippen molar-refractivity contribution in [3.63, 3.8) is 0 Å². The lowest BCUT2D eigenvalue weighted by atomic mass is 9.68. The maximum Gasteiger partial charge on any atom is 0.129 e. The van der Waals surface area contributed by atoms with E-state index in [2.05, 4.69) is 96.7 Å². The first-order valence-corrected chi connectivity index (χ1v) is 13.9. The fraction of sp³-hybridized carbons (Fsp3) is 0.440. The summed E-state index contributed by atoms with van der Waals surface area (Å²) in [5.74, 6) is 4.52. The lowest BCUT2D eigenvalue weighted by Crippen LogP contribution is -2.40. The summed E-state index contributed by atoms with van der Waals surface area (Å²) in [5, 5.41) is 0. The van der Waals surface area contributed by atoms with Crippen LogP contribution in [0.3, 0.4) is 0 Å². The van der Waals surface area contributed by atoms with Crippen LogP contribution >= 0.6 is 0 Å². The zero-order chi connectivity index (χ0) is 18.9. The zero-order valence-electron chi connectivity index (χ0n) is 16.9. The van der Waals surface area contributed by atoms with Gasteiger partial charge in [-0.05, 0) is 42.7 Å². The number of hydrogen-bond acceptors (Lipinski definition) is 1. The monoisotopic (exact) mass is 373 g/mol. The number of nitrogens with zero attached hydrogens (tertiary/aromatic N) is 1. The van der Waals surface area contributed by atoms with Gasteiger partial charge in [0.1, 0.15) is 8.07 Å². The predicted octanol–water partition coefficient (Wildman–Crippen LogP) is 5.53. The van der Waals surface area contributed by atoms with Crippen LogP contribution in [-0.4, -0.2) is 24.6 Å². The van der Waals surface area contributed by atoms with Crippen molar-refractivity contribution in [2.24, 2.45) is 5.92 Å². The van der Waals surface area contributed by atoms with Crippen LogP contribution in [0.15, 0.2) is 60.7 Å². The van der Waals surface area contributed by atoms with Crippen molar-refractivity contribution in [1.29, 1.82) is 0 Å². The van der Waals surface area contributed by atoms with Crippen LogP contribution in [-0.2, 0) is 13.0 Å². The van der Waals surface area contributed by atoms with Crippen LogP contribution in [0.5, 0.6) is 0 Å². The van der Waals surface area contributed by atoms with Crippen LogP contribution in [0.25, 0.3) is 0 Å². The quantitative estimate of drug-likeness (QED) is 0.378. The fourth-order valence-corrected chi connectivity index (χ4v) is 5.25. The van der Waals surface area contributed by atoms with Crippen molar-refractivity contribution in [2.45, 2.75) is 63.4 Å². The van der Waals surface area contributed by atoms with Gasteiger partial charge in [0.25, 0.3) is 0 Å². The zero-order valence-corrected chi connectivity index (χ0v) is 17.9. The van der Waals surface area contributed by atoms with E-state index in [4.69, 9.17) is 0 Å². The largest absolute Gasteiger partial charge is 0.275 e. The molecule has 1 aliphatic heterocycles. The Morgan fingerprint density at radius 1 is 0.963 bits per heavy atom. The van der Waals surface area contributed by atoms with Gasteiger partial charge in [0.15, 0.2) is 0 Å². The van der Waals surface area contributed by atoms with Crippen molar-refractivity contribution < 1.29 is 0 Å². The van der Waals surface area contributed by atoms with Crippen LogP contribution in [0.4, 0.5) is 0 Å². The molecule has 0 radical (unpaired) electrons. The molecule has 2 heteroatoms. The number of aryl methyl sites for hydroxylation is 1. The molecule has 4 rings (SSSR count). The minimum Gasteiger partial charge on any atom is -0.275 e. The predicted molar refractivity (Wildman–Crippen MR) is 117 cm³/mol. The Hall–Kier alpha value is -1.82. The molecule has 1 unspecified atom stereocenters. The number of rotatable bonds is 5. The van der Waals surface area contributed by atoms with E-state index in [0.717, 1.165) is 12.5 Å². The third-order valence-electron chi connectivity index (χ3n) is 6.26. The highest BCUT2D eigenvalue weighted by Gasteiger charge is 2.69. The van der Waals surface area contributed by atoms with Gasteiger partial charge in [0.05, 0.1) is 11.6 Å². The molecule has 1 saturated heterocycles. The van der Waals surface area contributed by atoms with Gasteiger partial charge in [-0.25, -0.2) is 0 Å². The highest BCUT2D eigenvalue weighted by molar-refractivity contribution is 6.83. The Bertz CT molecular complexity index is 827. The summed E-state index contributed by atoms with van der Waals surface area (Å²) in [7, 11) is -1.33. The average Bonchev–Trinajstić information content (AvgIpc) is 3.30. The summed E-state index contributed by atoms with van der Waals surface area (Å²) < 4.78 is 0. The Morgan fingerprint density at radius 3 is 2.15 bits per heavy atom. The van der Waals surface area contributed by atoms with Crippen LogP contribution in [0, 0.1) is 17.4 Å². The molecule has 1 spiro atoms. The van der Waals surface area contributed by atoms with E-state index in [0.29, 0.717) is 11.6 Å². The molecule has 140 valence electrons. The molecule has 27 heavy (non-hydrogen) atoms. The van der Waals surface area contributed by atoms with Gasteiger partial charge in [-0.2, -0.15) is 0 Å². The van der Waals surface area contributed by atoms with Crippen molar-refractivity contribution in [3.05, 3.63) is 71.8 Å². The van der Waals surface area contributed by atoms with Crippen LogP contribution < -0.4 is 0 Å². The summed E-state index contributed by atoms with van der Waals surface area (Å²) in [6.07, 6.45) is 5.18. The average molecular weight is 374 g/mol. The van der Waals surface area contributed by atoms with Gasteiger partial charge in [-0.3, -0.25) is 4.90 Å². The molecule has 2 fully saturated rings. The molecular formula is C25H31NSi. The van der Waals surface area contributed by atoms with Gasteiger partial charge in [0, 0.05) is 6.54 Å². The molecule has 1 heterocycles. The maximum atomic E-state index is 3.73. The molecule has 0 amide bonds. The molecule has 0 bridgehead atoms. The summed E-state index contributed by atoms with van der Waals surface area (Å²) in [6.45, 7) is 8.10. The molecule has 1 aliphatic carbocycles. The summed E-state index contributed by atoms with van der Waals surface area (Å²) >= 11 is 0. The Balaban J connectivity index is 1.49. The molecule has 1 saturated carbocycles. The number of benzene rings is 2. The van der Waals surface area contributed by atoms with E-state index >= 15 is 0 Å². The molecule has 2 aromatic carbocycles. The maximum absolute atomic E-state index is 3.73. The second-order valence-corrected chi connectivity index (χ2v) is 14.0. The Labute approximate surface area is 165 Å². The van der Waals surface area contributed by atoms with Crippen molar-refractivity contribution in [1.82, 2.24) is 4.90 Å². The van der Waals surface area contributed by atoms with E-state index in [1.54, 1.807) is 0 Å². The Kier molecular flexibility index (Phi) is 5.01. The van der Waals surface area contributed by atoms with E-state index in [-0.39, 0.29) is 0 Å². The van der Waals surface area contributed by atoms with E-state index in [1.165, 1.54) is 36.8 Å². The van der Waals surface area contributed by atoms with Crippen molar-refractivity contribution >= 4 is 8.07 Å². The second-order valence-electron chi connectivity index (χ2n) is 9.29. The lowest BCUT2D eigenvalue weighted by Gasteiger charge is -2.38. The van der Waals surface area contributed by atoms with Gasteiger partial charge in [0.2, 0.25) is 0 Å². The van der Waals surface area contributed by atoms with Gasteiger partial charge < -0.3 is 0 Å². The van der Waals surface area contributed by atoms with Gasteiger partial charge in [-0.15, -0.1) is 5.54 Å². The van der Waals surface area contributed by atoms with E-state index in [9.17, 15) is 0 Å². The third kappa shape index (κ3) is 3.91. The normalized spacial score (nSPS) is 28.9. The molecule has 2 aliphatic rings. The summed E-state index contributed by atoms with van der Waals surface area (Å²) in [4.78, 5) is 2.70. The van der Waals surface area contributed by atoms with Crippen LogP contribution in [0.2, 0.25) is 19.6 Å². The molecule has 0 aromatic heterocycles. The van der Waals surface area contributed by atoms with E-state index < -0.39 is 8.07 Å². The van der Waals surface area contributed by atoms with Crippen molar-refractivity contribution in [2.75, 3.05) is 0 Å². The van der Waals surface area contributed by atoms with Gasteiger partial charge in [-0.1, -0.05) is 86.2 Å². The fourth-order valence-electron chi connectivity index (χ4n) is 4.68. The highest BCUT2D eigenvalue weighted by Crippen LogP contribution is 2.60. The topological polar surface area (TPSA) is 3.01 Å². The first kappa shape index (κ1) is 18.5. The molecule has 4 atom stereocenters. The molecule has 0 N–H and O–H groups in total. The minimum atomic E-state index is -1.33. The first-order chi connectivity index (χ1) is 13.0. The highest BCUT2D eigenvalue weighted by atomic mass is 28.3. The smallest absolute Gasteiger partial charge is 0.129 e. The third-order valence-corrected chi connectivity index (χ3v) is 7.15. The molecule has 1 nitrogen and oxygen atoms in total. The lowest BCUT2D eigenvalue weighted by molar-refractivity contribution is 0.148. The van der Waals surface area contributed by atoms with Gasteiger partial charge >= 0.3 is 0 Å². The van der Waals surface area contributed by atoms with Crippen molar-refractivity contribution in [3.8, 4) is 11.5 Å². The number of hydrogen-bond donors (Lipinski definition) is 0.